The Kier molecular flexibility index (Phi) is 4.01. The Bertz CT molecular complexity index is 3050. The lowest BCUT2D eigenvalue weighted by Crippen LogP contribution is -1.95. The topological polar surface area (TPSA) is 18.1 Å². The molecule has 2 nitrogen and oxygen atoms in total. The summed E-state index contributed by atoms with van der Waals surface area (Å²) in [5.74, 6) is 0. The summed E-state index contributed by atoms with van der Waals surface area (Å²) in [7, 11) is 0. The largest absolute Gasteiger partial charge is 0.456 e. The molecule has 210 valence electrons. The van der Waals surface area contributed by atoms with Crippen LogP contribution in [0.4, 0.5) is 0 Å². The van der Waals surface area contributed by atoms with E-state index in [1.165, 1.54) is 92.5 Å². The van der Waals surface area contributed by atoms with Gasteiger partial charge in [-0.3, -0.25) is 0 Å². The Morgan fingerprint density at radius 1 is 0.348 bits per heavy atom. The zero-order valence-corrected chi connectivity index (χ0v) is 24.6. The maximum absolute atomic E-state index is 6.14. The molecular formula is C44H23NO. The first-order chi connectivity index (χ1) is 22.8. The zero-order valence-electron chi connectivity index (χ0n) is 24.6. The van der Waals surface area contributed by atoms with Crippen molar-refractivity contribution in [1.82, 2.24) is 4.57 Å². The number of para-hydroxylation sites is 1. The van der Waals surface area contributed by atoms with Crippen molar-refractivity contribution in [3.05, 3.63) is 140 Å². The van der Waals surface area contributed by atoms with Gasteiger partial charge in [0.1, 0.15) is 11.2 Å². The molecule has 0 spiro atoms. The molecular weight excluding hydrogens is 558 g/mol. The summed E-state index contributed by atoms with van der Waals surface area (Å²) in [4.78, 5) is 0. The van der Waals surface area contributed by atoms with Gasteiger partial charge in [-0.2, -0.15) is 0 Å². The van der Waals surface area contributed by atoms with Gasteiger partial charge in [-0.15, -0.1) is 0 Å². The Morgan fingerprint density at radius 3 is 1.46 bits per heavy atom. The van der Waals surface area contributed by atoms with E-state index in [1.54, 1.807) is 0 Å². The Labute approximate surface area is 262 Å². The zero-order chi connectivity index (χ0) is 29.7. The summed E-state index contributed by atoms with van der Waals surface area (Å²) in [5, 5.41) is 18.4. The molecule has 2 heteroatoms. The standard InChI is InChI=1S/C44H23NO/c1-2-7-36-32(6-1)33-23-30(18-21-37(33)46-36)29-4-3-5-31(22-29)45-34-19-16-27-14-12-25-10-8-24-9-11-26-13-15-28-17-20-35(45)44-42(28)40(26)38(24)39(25)41(27)43(34)44/h1-23H. The number of nitrogens with zero attached hydrogens (tertiary/aromatic N) is 1. The molecule has 0 radical (unpaired) electrons. The third-order valence-corrected chi connectivity index (χ3v) is 10.6. The van der Waals surface area contributed by atoms with Crippen molar-refractivity contribution in [2.75, 3.05) is 0 Å². The average Bonchev–Trinajstić information content (AvgIpc) is 3.61. The SMILES string of the molecule is c1cc(-c2ccc3oc4ccccc4c3c2)cc(-n2c3ccc4ccc5ccc6ccc7ccc8ccc2c2c8c7c6c5c4c23)c1. The molecule has 0 aliphatic rings. The van der Waals surface area contributed by atoms with Crippen LogP contribution in [0.15, 0.2) is 144 Å². The number of hydrogen-bond donors (Lipinski definition) is 0. The molecule has 0 unspecified atom stereocenters. The fourth-order valence-corrected chi connectivity index (χ4v) is 8.67. The molecule has 2 heterocycles. The first-order valence-electron chi connectivity index (χ1n) is 15.9. The second-order valence-corrected chi connectivity index (χ2v) is 12.9. The average molecular weight is 582 g/mol. The molecule has 0 N–H and O–H groups in total. The minimum Gasteiger partial charge on any atom is -0.456 e. The molecule has 10 aromatic carbocycles. The summed E-state index contributed by atoms with van der Waals surface area (Å²) in [5.41, 5.74) is 7.88. The van der Waals surface area contributed by atoms with E-state index in [-0.39, 0.29) is 0 Å². The molecule has 0 saturated carbocycles. The summed E-state index contributed by atoms with van der Waals surface area (Å²) >= 11 is 0. The maximum atomic E-state index is 6.14. The molecule has 12 rings (SSSR count). The fraction of sp³-hybridized carbons (Fsp3) is 0. The van der Waals surface area contributed by atoms with Gasteiger partial charge in [-0.1, -0.05) is 97.1 Å². The summed E-state index contributed by atoms with van der Waals surface area (Å²) in [6.07, 6.45) is 0. The van der Waals surface area contributed by atoms with Crippen LogP contribution in [0, 0.1) is 0 Å². The molecule has 0 atom stereocenters. The molecule has 0 aliphatic carbocycles. The predicted octanol–water partition coefficient (Wildman–Crippen LogP) is 12.4. The van der Waals surface area contributed by atoms with Gasteiger partial charge >= 0.3 is 0 Å². The molecule has 0 fully saturated rings. The van der Waals surface area contributed by atoms with Gasteiger partial charge in [0.15, 0.2) is 0 Å². The van der Waals surface area contributed by atoms with Crippen molar-refractivity contribution in [2.24, 2.45) is 0 Å². The predicted molar refractivity (Wildman–Crippen MR) is 195 cm³/mol. The van der Waals surface area contributed by atoms with Gasteiger partial charge < -0.3 is 8.98 Å². The molecule has 0 aliphatic heterocycles. The van der Waals surface area contributed by atoms with Gasteiger partial charge in [-0.05, 0) is 96.7 Å². The Hall–Kier alpha value is -6.12. The first kappa shape index (κ1) is 23.3. The number of furan rings is 1. The van der Waals surface area contributed by atoms with Crippen LogP contribution in [0.25, 0.3) is 114 Å². The molecule has 2 aromatic heterocycles. The quantitative estimate of drug-likeness (QED) is 0.186. The van der Waals surface area contributed by atoms with Crippen molar-refractivity contribution in [3.63, 3.8) is 0 Å². The minimum absolute atomic E-state index is 0.921. The van der Waals surface area contributed by atoms with E-state index >= 15 is 0 Å². The number of fused-ring (bicyclic) bond motifs is 3. The van der Waals surface area contributed by atoms with Gasteiger partial charge in [0.25, 0.3) is 0 Å². The smallest absolute Gasteiger partial charge is 0.135 e. The first-order valence-corrected chi connectivity index (χ1v) is 15.9. The second kappa shape index (κ2) is 7.93. The highest BCUT2D eigenvalue weighted by Crippen LogP contribution is 2.50. The lowest BCUT2D eigenvalue weighted by molar-refractivity contribution is 0.669. The van der Waals surface area contributed by atoms with Crippen molar-refractivity contribution >= 4 is 97.6 Å². The van der Waals surface area contributed by atoms with Gasteiger partial charge in [0.2, 0.25) is 0 Å². The second-order valence-electron chi connectivity index (χ2n) is 12.9. The summed E-state index contributed by atoms with van der Waals surface area (Å²) in [6.45, 7) is 0. The highest BCUT2D eigenvalue weighted by Gasteiger charge is 2.24. The number of rotatable bonds is 2. The van der Waals surface area contributed by atoms with E-state index in [0.717, 1.165) is 21.9 Å². The Balaban J connectivity index is 1.23. The number of hydrogen-bond acceptors (Lipinski definition) is 1. The van der Waals surface area contributed by atoms with Gasteiger partial charge in [0.05, 0.1) is 11.0 Å². The molecule has 0 saturated heterocycles. The van der Waals surface area contributed by atoms with Crippen molar-refractivity contribution in [1.29, 1.82) is 0 Å². The van der Waals surface area contributed by atoms with Crippen molar-refractivity contribution in [2.45, 2.75) is 0 Å². The lowest BCUT2D eigenvalue weighted by Gasteiger charge is -2.14. The van der Waals surface area contributed by atoms with Crippen LogP contribution >= 0.6 is 0 Å². The van der Waals surface area contributed by atoms with Crippen molar-refractivity contribution < 1.29 is 4.42 Å². The highest BCUT2D eigenvalue weighted by atomic mass is 16.3. The molecule has 46 heavy (non-hydrogen) atoms. The van der Waals surface area contributed by atoms with Crippen LogP contribution < -0.4 is 0 Å². The van der Waals surface area contributed by atoms with Crippen LogP contribution in [0.2, 0.25) is 0 Å². The van der Waals surface area contributed by atoms with Crippen LogP contribution in [0.5, 0.6) is 0 Å². The molecule has 0 bridgehead atoms. The Morgan fingerprint density at radius 2 is 0.848 bits per heavy atom. The summed E-state index contributed by atoms with van der Waals surface area (Å²) in [6, 6.07) is 51.6. The molecule has 12 aromatic rings. The van der Waals surface area contributed by atoms with E-state index in [2.05, 4.69) is 132 Å². The van der Waals surface area contributed by atoms with E-state index in [9.17, 15) is 0 Å². The number of benzene rings is 9. The van der Waals surface area contributed by atoms with Crippen LogP contribution in [0.3, 0.4) is 0 Å². The van der Waals surface area contributed by atoms with E-state index in [0.29, 0.717) is 0 Å². The third-order valence-electron chi connectivity index (χ3n) is 10.6. The normalized spacial score (nSPS) is 12.8. The fourth-order valence-electron chi connectivity index (χ4n) is 8.67. The monoisotopic (exact) mass is 581 g/mol. The third kappa shape index (κ3) is 2.71. The lowest BCUT2D eigenvalue weighted by atomic mass is 9.92. The van der Waals surface area contributed by atoms with E-state index < -0.39 is 0 Å². The summed E-state index contributed by atoms with van der Waals surface area (Å²) < 4.78 is 8.63. The highest BCUT2D eigenvalue weighted by molar-refractivity contribution is 6.45. The van der Waals surface area contributed by atoms with E-state index in [1.807, 2.05) is 12.1 Å². The minimum atomic E-state index is 0.921. The number of aromatic nitrogens is 1. The van der Waals surface area contributed by atoms with Gasteiger partial charge in [0, 0.05) is 38.0 Å². The van der Waals surface area contributed by atoms with Crippen LogP contribution in [-0.4, -0.2) is 4.57 Å². The maximum Gasteiger partial charge on any atom is 0.135 e. The van der Waals surface area contributed by atoms with Crippen LogP contribution in [-0.2, 0) is 0 Å². The van der Waals surface area contributed by atoms with Crippen LogP contribution in [0.1, 0.15) is 0 Å². The van der Waals surface area contributed by atoms with Gasteiger partial charge in [-0.25, -0.2) is 0 Å². The van der Waals surface area contributed by atoms with Crippen molar-refractivity contribution in [3.8, 4) is 16.8 Å². The van der Waals surface area contributed by atoms with E-state index in [4.69, 9.17) is 4.42 Å². The molecule has 0 amide bonds.